The van der Waals surface area contributed by atoms with Gasteiger partial charge in [0.1, 0.15) is 18.1 Å². The summed E-state index contributed by atoms with van der Waals surface area (Å²) in [6.07, 6.45) is 0.741. The maximum Gasteiger partial charge on any atom is 0.321 e. The summed E-state index contributed by atoms with van der Waals surface area (Å²) >= 11 is 5.10. The molecular formula is C11H23N3O6S2. The van der Waals surface area contributed by atoms with Crippen LogP contribution >= 0.6 is 24.4 Å². The predicted octanol–water partition coefficient (Wildman–Crippen LogP) is -1.35. The van der Waals surface area contributed by atoms with Crippen LogP contribution in [0.15, 0.2) is 0 Å². The highest BCUT2D eigenvalue weighted by Gasteiger charge is 2.13. The molecule has 0 radical (unpaired) electrons. The molecular weight excluding hydrogens is 334 g/mol. The number of carbonyl (C=O) groups is 3. The molecule has 0 spiro atoms. The van der Waals surface area contributed by atoms with Gasteiger partial charge in [-0.3, -0.25) is 14.4 Å². The third kappa shape index (κ3) is 13.9. The van der Waals surface area contributed by atoms with Gasteiger partial charge in [-0.25, -0.2) is 0 Å². The van der Waals surface area contributed by atoms with E-state index in [1.807, 2.05) is 0 Å². The summed E-state index contributed by atoms with van der Waals surface area (Å²) < 4.78 is 0. The average molecular weight is 357 g/mol. The largest absolute Gasteiger partial charge is 0.480 e. The van der Waals surface area contributed by atoms with E-state index >= 15 is 0 Å². The summed E-state index contributed by atoms with van der Waals surface area (Å²) in [5.74, 6) is -1.78. The van der Waals surface area contributed by atoms with Gasteiger partial charge in [-0.1, -0.05) is 0 Å². The Hall–Kier alpha value is -1.01. The molecule has 3 atom stereocenters. The first-order chi connectivity index (χ1) is 10.1. The fraction of sp³-hybridized carbons (Fsp3) is 0.727. The summed E-state index contributed by atoms with van der Waals surface area (Å²) in [5.41, 5.74) is 15.5. The van der Waals surface area contributed by atoms with Gasteiger partial charge in [-0.05, 0) is 24.3 Å². The molecule has 22 heavy (non-hydrogen) atoms. The fourth-order valence-electron chi connectivity index (χ4n) is 0.878. The number of nitrogens with two attached hydrogens (primary N) is 3. The van der Waals surface area contributed by atoms with E-state index in [0.29, 0.717) is 24.3 Å². The minimum absolute atomic E-state index is 0.266. The number of carboxylic acid groups (broad SMARTS) is 3. The first kappa shape index (κ1) is 23.3. The van der Waals surface area contributed by atoms with Gasteiger partial charge in [0.15, 0.2) is 0 Å². The Morgan fingerprint density at radius 2 is 1.27 bits per heavy atom. The van der Waals surface area contributed by atoms with E-state index in [1.54, 1.807) is 0 Å². The van der Waals surface area contributed by atoms with Gasteiger partial charge in [0, 0.05) is 5.75 Å². The van der Waals surface area contributed by atoms with Crippen molar-refractivity contribution in [3.63, 3.8) is 0 Å². The van der Waals surface area contributed by atoms with Crippen molar-refractivity contribution in [2.45, 2.75) is 31.0 Å². The molecule has 0 bridgehead atoms. The number of thioether (sulfide) groups is 1. The Labute approximate surface area is 138 Å². The number of thiol groups is 1. The predicted molar refractivity (Wildman–Crippen MR) is 87.2 cm³/mol. The molecule has 0 rings (SSSR count). The molecule has 130 valence electrons. The standard InChI is InChI=1S/C7H14N2O4S.C4H9NO2S/c8-4(6(10)11)1-2-14-3-5(9)7(12)13;5-3(1-2-8)4(6)7/h4-5H,1-3,8-9H2,(H,10,11)(H,12,13);3,8H,1-2,5H2,(H,6,7)/t4-,5-;3-/m00/s1. The maximum atomic E-state index is 10.3. The molecule has 0 aliphatic carbocycles. The van der Waals surface area contributed by atoms with Crippen LogP contribution in [-0.4, -0.2) is 68.6 Å². The topological polar surface area (TPSA) is 190 Å². The lowest BCUT2D eigenvalue weighted by Gasteiger charge is -2.07. The zero-order chi connectivity index (χ0) is 17.7. The van der Waals surface area contributed by atoms with Crippen LogP contribution in [0.4, 0.5) is 0 Å². The second-order valence-corrected chi connectivity index (χ2v) is 5.81. The minimum Gasteiger partial charge on any atom is -0.480 e. The SMILES string of the molecule is N[C@@H](CCS)C(=O)O.N[C@@H](CCSC[C@H](N)C(=O)O)C(=O)O. The van der Waals surface area contributed by atoms with Gasteiger partial charge < -0.3 is 32.5 Å². The molecule has 11 heteroatoms. The van der Waals surface area contributed by atoms with Crippen LogP contribution in [0, 0.1) is 0 Å². The van der Waals surface area contributed by atoms with Crippen molar-refractivity contribution in [1.82, 2.24) is 0 Å². The number of hydrogen-bond acceptors (Lipinski definition) is 8. The van der Waals surface area contributed by atoms with Gasteiger partial charge in [0.05, 0.1) is 0 Å². The van der Waals surface area contributed by atoms with Gasteiger partial charge in [0.25, 0.3) is 0 Å². The van der Waals surface area contributed by atoms with E-state index in [9.17, 15) is 14.4 Å². The average Bonchev–Trinajstić information content (AvgIpc) is 2.43. The van der Waals surface area contributed by atoms with Crippen molar-refractivity contribution in [3.05, 3.63) is 0 Å². The molecule has 9 nitrogen and oxygen atoms in total. The van der Waals surface area contributed by atoms with E-state index < -0.39 is 36.0 Å². The lowest BCUT2D eigenvalue weighted by molar-refractivity contribution is -0.139. The van der Waals surface area contributed by atoms with Crippen molar-refractivity contribution in [3.8, 4) is 0 Å². The van der Waals surface area contributed by atoms with E-state index in [2.05, 4.69) is 12.6 Å². The van der Waals surface area contributed by atoms with E-state index in [-0.39, 0.29) is 5.75 Å². The Morgan fingerprint density at radius 1 is 0.864 bits per heavy atom. The first-order valence-electron chi connectivity index (χ1n) is 6.27. The van der Waals surface area contributed by atoms with Gasteiger partial charge >= 0.3 is 17.9 Å². The van der Waals surface area contributed by atoms with Gasteiger partial charge in [0.2, 0.25) is 0 Å². The van der Waals surface area contributed by atoms with Crippen LogP contribution in [0.1, 0.15) is 12.8 Å². The minimum atomic E-state index is -1.06. The van der Waals surface area contributed by atoms with E-state index in [1.165, 1.54) is 11.8 Å². The molecule has 0 amide bonds. The summed E-state index contributed by atoms with van der Waals surface area (Å²) in [6.45, 7) is 0. The van der Waals surface area contributed by atoms with Crippen LogP contribution in [0.25, 0.3) is 0 Å². The number of rotatable bonds is 10. The third-order valence-electron chi connectivity index (χ3n) is 2.26. The lowest BCUT2D eigenvalue weighted by atomic mass is 10.2. The second-order valence-electron chi connectivity index (χ2n) is 4.21. The van der Waals surface area contributed by atoms with Crippen LogP contribution in [0.2, 0.25) is 0 Å². The highest BCUT2D eigenvalue weighted by molar-refractivity contribution is 7.99. The van der Waals surface area contributed by atoms with Crippen LogP contribution in [-0.2, 0) is 14.4 Å². The van der Waals surface area contributed by atoms with Gasteiger partial charge in [-0.2, -0.15) is 24.4 Å². The molecule has 0 aromatic carbocycles. The van der Waals surface area contributed by atoms with Crippen LogP contribution in [0.3, 0.4) is 0 Å². The Balaban J connectivity index is 0. The van der Waals surface area contributed by atoms with E-state index in [0.717, 1.165) is 0 Å². The molecule has 0 saturated carbocycles. The monoisotopic (exact) mass is 357 g/mol. The first-order valence-corrected chi connectivity index (χ1v) is 8.05. The molecule has 0 aromatic rings. The Bertz CT molecular complexity index is 337. The molecule has 9 N–H and O–H groups in total. The molecule has 0 fully saturated rings. The number of aliphatic carboxylic acids is 3. The normalized spacial score (nSPS) is 14.2. The highest BCUT2D eigenvalue weighted by Crippen LogP contribution is 2.05. The highest BCUT2D eigenvalue weighted by atomic mass is 32.2. The van der Waals surface area contributed by atoms with Crippen molar-refractivity contribution in [2.75, 3.05) is 17.3 Å². The molecule has 0 aliphatic rings. The lowest BCUT2D eigenvalue weighted by Crippen LogP contribution is -2.33. The number of carboxylic acids is 3. The smallest absolute Gasteiger partial charge is 0.321 e. The fourth-order valence-corrected chi connectivity index (χ4v) is 2.14. The molecule has 0 aromatic heterocycles. The van der Waals surface area contributed by atoms with Crippen molar-refractivity contribution < 1.29 is 29.7 Å². The molecule has 0 saturated heterocycles. The summed E-state index contributed by atoms with van der Waals surface area (Å²) in [7, 11) is 0. The molecule has 0 unspecified atom stereocenters. The third-order valence-corrected chi connectivity index (χ3v) is 3.64. The maximum absolute atomic E-state index is 10.3. The zero-order valence-electron chi connectivity index (χ0n) is 11.9. The Morgan fingerprint density at radius 3 is 1.59 bits per heavy atom. The van der Waals surface area contributed by atoms with Crippen molar-refractivity contribution in [2.24, 2.45) is 17.2 Å². The molecule has 0 aliphatic heterocycles. The summed E-state index contributed by atoms with van der Waals surface area (Å²) in [5, 5.41) is 25.0. The Kier molecular flexibility index (Phi) is 14.4. The zero-order valence-corrected chi connectivity index (χ0v) is 13.6. The van der Waals surface area contributed by atoms with Crippen LogP contribution < -0.4 is 17.2 Å². The number of hydrogen-bond donors (Lipinski definition) is 7. The van der Waals surface area contributed by atoms with Gasteiger partial charge in [-0.15, -0.1) is 0 Å². The quantitative estimate of drug-likeness (QED) is 0.182. The summed E-state index contributed by atoms with van der Waals surface area (Å²) in [4.78, 5) is 30.5. The van der Waals surface area contributed by atoms with E-state index in [4.69, 9.17) is 32.5 Å². The molecule has 0 heterocycles. The second kappa shape index (κ2) is 13.6. The van der Waals surface area contributed by atoms with Crippen LogP contribution in [0.5, 0.6) is 0 Å². The summed E-state index contributed by atoms with van der Waals surface area (Å²) in [6, 6.07) is -2.53. The van der Waals surface area contributed by atoms with Crippen molar-refractivity contribution >= 4 is 42.3 Å². The van der Waals surface area contributed by atoms with Crippen molar-refractivity contribution in [1.29, 1.82) is 0 Å².